The topological polar surface area (TPSA) is 78.4 Å². The Morgan fingerprint density at radius 1 is 1.45 bits per heavy atom. The number of amides is 2. The molecular formula is C13H14Cl2N2O3. The van der Waals surface area contributed by atoms with Gasteiger partial charge in [0.05, 0.1) is 16.3 Å². The molecule has 1 aromatic carbocycles. The number of anilines is 1. The van der Waals surface area contributed by atoms with E-state index in [0.717, 1.165) is 0 Å². The van der Waals surface area contributed by atoms with Crippen molar-refractivity contribution in [1.29, 1.82) is 0 Å². The van der Waals surface area contributed by atoms with E-state index in [2.05, 4.69) is 17.2 Å². The highest BCUT2D eigenvalue weighted by atomic mass is 35.5. The molecule has 1 rings (SSSR count). The first-order chi connectivity index (χ1) is 9.35. The Balaban J connectivity index is 2.94. The molecule has 0 heterocycles. The fourth-order valence-corrected chi connectivity index (χ4v) is 2.09. The molecule has 108 valence electrons. The number of carboxylic acid groups (broad SMARTS) is 1. The first kappa shape index (κ1) is 16.3. The van der Waals surface area contributed by atoms with Crippen LogP contribution in [0, 0.1) is 0 Å². The minimum Gasteiger partial charge on any atom is -0.478 e. The summed E-state index contributed by atoms with van der Waals surface area (Å²) in [6, 6.07) is 1.90. The van der Waals surface area contributed by atoms with Crippen LogP contribution in [0.1, 0.15) is 23.7 Å². The van der Waals surface area contributed by atoms with Gasteiger partial charge in [-0.25, -0.2) is 9.59 Å². The Morgan fingerprint density at radius 3 is 2.65 bits per heavy atom. The molecule has 0 saturated heterocycles. The maximum absolute atomic E-state index is 11.8. The molecule has 5 nitrogen and oxygen atoms in total. The number of carboxylic acids is 1. The molecule has 0 bridgehead atoms. The molecule has 0 radical (unpaired) electrons. The molecule has 20 heavy (non-hydrogen) atoms. The number of nitrogens with one attached hydrogen (secondary N) is 2. The largest absolute Gasteiger partial charge is 0.478 e. The monoisotopic (exact) mass is 316 g/mol. The van der Waals surface area contributed by atoms with Crippen molar-refractivity contribution in [2.24, 2.45) is 0 Å². The van der Waals surface area contributed by atoms with Gasteiger partial charge in [-0.15, -0.1) is 6.58 Å². The van der Waals surface area contributed by atoms with Gasteiger partial charge in [0.25, 0.3) is 0 Å². The van der Waals surface area contributed by atoms with Crippen molar-refractivity contribution in [2.45, 2.75) is 19.4 Å². The molecule has 2 amide bonds. The maximum atomic E-state index is 11.8. The molecule has 3 N–H and O–H groups in total. The minimum atomic E-state index is -1.23. The summed E-state index contributed by atoms with van der Waals surface area (Å²) < 4.78 is 0. The Labute approximate surface area is 126 Å². The fourth-order valence-electron chi connectivity index (χ4n) is 1.55. The number of hydrogen-bond acceptors (Lipinski definition) is 2. The standard InChI is InChI=1S/C13H14Cl2N2O3/c1-3-4-7(2)16-13(20)17-11-9(12(18)19)5-8(14)6-10(11)15/h3,5-7H,1,4H2,2H3,(H,18,19)(H2,16,17,20). The van der Waals surface area contributed by atoms with Gasteiger partial charge < -0.3 is 15.7 Å². The second kappa shape index (κ2) is 7.17. The van der Waals surface area contributed by atoms with Gasteiger partial charge in [-0.1, -0.05) is 29.3 Å². The van der Waals surface area contributed by atoms with Gasteiger partial charge in [-0.05, 0) is 25.5 Å². The van der Waals surface area contributed by atoms with Crippen LogP contribution < -0.4 is 10.6 Å². The lowest BCUT2D eigenvalue weighted by Gasteiger charge is -2.15. The van der Waals surface area contributed by atoms with E-state index in [9.17, 15) is 9.59 Å². The van der Waals surface area contributed by atoms with E-state index in [4.69, 9.17) is 28.3 Å². The Morgan fingerprint density at radius 2 is 2.10 bits per heavy atom. The highest BCUT2D eigenvalue weighted by molar-refractivity contribution is 6.37. The van der Waals surface area contributed by atoms with Gasteiger partial charge in [0, 0.05) is 11.1 Å². The summed E-state index contributed by atoms with van der Waals surface area (Å²) in [6.07, 6.45) is 2.26. The zero-order chi connectivity index (χ0) is 15.3. The molecule has 0 saturated carbocycles. The molecule has 1 atom stereocenters. The lowest BCUT2D eigenvalue weighted by Crippen LogP contribution is -2.36. The molecule has 0 aromatic heterocycles. The number of halogens is 2. The average molecular weight is 317 g/mol. The van der Waals surface area contributed by atoms with Crippen molar-refractivity contribution in [3.05, 3.63) is 40.4 Å². The average Bonchev–Trinajstić information content (AvgIpc) is 2.32. The quantitative estimate of drug-likeness (QED) is 0.723. The van der Waals surface area contributed by atoms with Crippen LogP contribution >= 0.6 is 23.2 Å². The van der Waals surface area contributed by atoms with Crippen molar-refractivity contribution in [1.82, 2.24) is 5.32 Å². The number of carbonyl (C=O) groups is 2. The summed E-state index contributed by atoms with van der Waals surface area (Å²) in [5.41, 5.74) is -0.166. The number of hydrogen-bond donors (Lipinski definition) is 3. The van der Waals surface area contributed by atoms with E-state index >= 15 is 0 Å². The van der Waals surface area contributed by atoms with Crippen molar-refractivity contribution in [3.63, 3.8) is 0 Å². The zero-order valence-electron chi connectivity index (χ0n) is 10.7. The molecule has 0 spiro atoms. The van der Waals surface area contributed by atoms with Crippen LogP contribution in [0.25, 0.3) is 0 Å². The number of carbonyl (C=O) groups excluding carboxylic acids is 1. The number of aromatic carboxylic acids is 1. The lowest BCUT2D eigenvalue weighted by atomic mass is 10.2. The van der Waals surface area contributed by atoms with Gasteiger partial charge >= 0.3 is 12.0 Å². The van der Waals surface area contributed by atoms with Gasteiger partial charge in [-0.3, -0.25) is 0 Å². The minimum absolute atomic E-state index is 0.00636. The predicted molar refractivity (Wildman–Crippen MR) is 79.9 cm³/mol. The van der Waals surface area contributed by atoms with E-state index in [1.165, 1.54) is 12.1 Å². The third-order valence-corrected chi connectivity index (χ3v) is 2.94. The Kier molecular flexibility index (Phi) is 5.85. The summed E-state index contributed by atoms with van der Waals surface area (Å²) in [6.45, 7) is 5.36. The smallest absolute Gasteiger partial charge is 0.337 e. The highest BCUT2D eigenvalue weighted by Crippen LogP contribution is 2.30. The first-order valence-electron chi connectivity index (χ1n) is 5.76. The van der Waals surface area contributed by atoms with Crippen LogP contribution in [-0.2, 0) is 0 Å². The van der Waals surface area contributed by atoms with Crippen LogP contribution in [0.2, 0.25) is 10.0 Å². The maximum Gasteiger partial charge on any atom is 0.337 e. The summed E-state index contributed by atoms with van der Waals surface area (Å²) in [5.74, 6) is -1.23. The number of urea groups is 1. The van der Waals surface area contributed by atoms with E-state index in [-0.39, 0.29) is 27.3 Å². The van der Waals surface area contributed by atoms with Gasteiger partial charge in [0.15, 0.2) is 0 Å². The number of rotatable bonds is 5. The van der Waals surface area contributed by atoms with Crippen LogP contribution in [0.15, 0.2) is 24.8 Å². The second-order valence-corrected chi connectivity index (χ2v) is 4.98. The molecule has 0 aliphatic carbocycles. The normalized spacial score (nSPS) is 11.6. The van der Waals surface area contributed by atoms with Crippen LogP contribution in [0.4, 0.5) is 10.5 Å². The Bertz CT molecular complexity index is 547. The van der Waals surface area contributed by atoms with E-state index in [0.29, 0.717) is 6.42 Å². The third kappa shape index (κ3) is 4.43. The predicted octanol–water partition coefficient (Wildman–Crippen LogP) is 3.78. The van der Waals surface area contributed by atoms with Crippen LogP contribution in [0.3, 0.4) is 0 Å². The Hall–Kier alpha value is -1.72. The lowest BCUT2D eigenvalue weighted by molar-refractivity contribution is 0.0698. The van der Waals surface area contributed by atoms with Crippen LogP contribution in [-0.4, -0.2) is 23.1 Å². The fraction of sp³-hybridized carbons (Fsp3) is 0.231. The van der Waals surface area contributed by atoms with E-state index in [1.54, 1.807) is 13.0 Å². The molecule has 7 heteroatoms. The van der Waals surface area contributed by atoms with Crippen molar-refractivity contribution in [2.75, 3.05) is 5.32 Å². The van der Waals surface area contributed by atoms with E-state index in [1.807, 2.05) is 0 Å². The van der Waals surface area contributed by atoms with Crippen molar-refractivity contribution < 1.29 is 14.7 Å². The summed E-state index contributed by atoms with van der Waals surface area (Å²) in [7, 11) is 0. The molecule has 0 aliphatic heterocycles. The van der Waals surface area contributed by atoms with E-state index < -0.39 is 12.0 Å². The van der Waals surface area contributed by atoms with Crippen LogP contribution in [0.5, 0.6) is 0 Å². The summed E-state index contributed by atoms with van der Waals surface area (Å²) in [5, 5.41) is 14.4. The molecule has 1 unspecified atom stereocenters. The molecule has 1 aromatic rings. The molecule has 0 aliphatic rings. The van der Waals surface area contributed by atoms with Gasteiger partial charge in [-0.2, -0.15) is 0 Å². The zero-order valence-corrected chi connectivity index (χ0v) is 12.3. The van der Waals surface area contributed by atoms with Gasteiger partial charge in [0.2, 0.25) is 0 Å². The summed E-state index contributed by atoms with van der Waals surface area (Å²) >= 11 is 11.7. The van der Waals surface area contributed by atoms with Gasteiger partial charge in [0.1, 0.15) is 0 Å². The SMILES string of the molecule is C=CCC(C)NC(=O)Nc1c(Cl)cc(Cl)cc1C(=O)O. The first-order valence-corrected chi connectivity index (χ1v) is 6.51. The second-order valence-electron chi connectivity index (χ2n) is 4.14. The highest BCUT2D eigenvalue weighted by Gasteiger charge is 2.17. The number of benzene rings is 1. The van der Waals surface area contributed by atoms with Crippen molar-refractivity contribution in [3.8, 4) is 0 Å². The third-order valence-electron chi connectivity index (χ3n) is 2.42. The molecular weight excluding hydrogens is 303 g/mol. The molecule has 0 fully saturated rings. The summed E-state index contributed by atoms with van der Waals surface area (Å²) in [4.78, 5) is 22.9. The van der Waals surface area contributed by atoms with Crippen molar-refractivity contribution >= 4 is 40.9 Å².